The Labute approximate surface area is 274 Å². The molecule has 1 aromatic carbocycles. The maximum Gasteiger partial charge on any atom is 0.472 e. The van der Waals surface area contributed by atoms with Crippen LogP contribution in [0.2, 0.25) is 0 Å². The number of aliphatic hydroxyl groups excluding tert-OH is 2. The third-order valence-corrected chi connectivity index (χ3v) is 8.82. The van der Waals surface area contributed by atoms with Crippen LogP contribution in [0.4, 0.5) is 5.82 Å². The summed E-state index contributed by atoms with van der Waals surface area (Å²) in [5.41, 5.74) is 6.08. The van der Waals surface area contributed by atoms with Crippen LogP contribution in [0.1, 0.15) is 56.7 Å². The first kappa shape index (κ1) is 36.6. The number of nitrogen functional groups attached to an aromatic ring is 1. The van der Waals surface area contributed by atoms with Gasteiger partial charge in [-0.05, 0) is 49.8 Å². The first-order valence-corrected chi connectivity index (χ1v) is 17.2. The number of nitrogens with zero attached hydrogens (tertiary/aromatic N) is 4. The average Bonchev–Trinajstić information content (AvgIpc) is 3.61. The van der Waals surface area contributed by atoms with E-state index in [2.05, 4.69) is 23.6 Å². The fraction of sp³-hybridized carbons (Fsp3) is 0.531. The Bertz CT molecular complexity index is 1530. The van der Waals surface area contributed by atoms with Crippen molar-refractivity contribution in [3.8, 4) is 6.07 Å². The number of ether oxygens (including phenoxy) is 3. The average molecular weight is 674 g/mol. The molecule has 0 bridgehead atoms. The molecular formula is C32H44N5O9P. The molecule has 6 atom stereocenters. The first-order valence-electron chi connectivity index (χ1n) is 15.7. The SMILES string of the molecule is C=C(CCCCOCCCC)C[C@H](COP(=O)(O)OC[C@H]1O[C@@](C#N)(c2ccc3c(N)ncnn23)C(O)[C@H]1O)OCc1ccccc1. The van der Waals surface area contributed by atoms with Gasteiger partial charge in [0.2, 0.25) is 5.60 Å². The molecule has 47 heavy (non-hydrogen) atoms. The number of hydrogen-bond donors (Lipinski definition) is 4. The zero-order valence-electron chi connectivity index (χ0n) is 26.5. The predicted molar refractivity (Wildman–Crippen MR) is 172 cm³/mol. The van der Waals surface area contributed by atoms with Crippen LogP contribution in [0.25, 0.3) is 5.52 Å². The summed E-state index contributed by atoms with van der Waals surface area (Å²) in [5, 5.41) is 35.8. The fourth-order valence-corrected chi connectivity index (χ4v) is 6.00. The van der Waals surface area contributed by atoms with Gasteiger partial charge < -0.3 is 35.1 Å². The largest absolute Gasteiger partial charge is 0.472 e. The number of fused-ring (bicyclic) bond motifs is 1. The number of aliphatic hydroxyl groups is 2. The molecule has 1 saturated heterocycles. The number of benzene rings is 1. The summed E-state index contributed by atoms with van der Waals surface area (Å²) in [7, 11) is -4.70. The number of nitriles is 1. The van der Waals surface area contributed by atoms with E-state index in [1.165, 1.54) is 16.9 Å². The molecule has 3 heterocycles. The van der Waals surface area contributed by atoms with E-state index < -0.39 is 44.4 Å². The number of anilines is 1. The number of hydrogen-bond acceptors (Lipinski definition) is 12. The van der Waals surface area contributed by atoms with Crippen LogP contribution in [0.15, 0.2) is 60.9 Å². The van der Waals surface area contributed by atoms with Crippen LogP contribution in [-0.2, 0) is 40.0 Å². The fourth-order valence-electron chi connectivity index (χ4n) is 5.24. The van der Waals surface area contributed by atoms with Crippen molar-refractivity contribution in [1.29, 1.82) is 5.26 Å². The second kappa shape index (κ2) is 17.3. The van der Waals surface area contributed by atoms with E-state index >= 15 is 0 Å². The van der Waals surface area contributed by atoms with Crippen LogP contribution in [-0.4, -0.2) is 80.5 Å². The molecule has 0 saturated carbocycles. The molecule has 2 unspecified atom stereocenters. The third-order valence-electron chi connectivity index (χ3n) is 7.87. The van der Waals surface area contributed by atoms with Crippen molar-refractivity contribution in [3.05, 3.63) is 72.2 Å². The standard InChI is InChI=1S/C32H44N5O9P/c1-3-4-15-42-16-9-8-10-23(2)17-25(43-18-24-11-6-5-7-12-24)19-44-47(40,41)45-20-27-29(38)30(39)32(21-33,46-27)28-14-13-26-31(34)35-22-36-37(26)28/h5-7,11-14,22,25,27,29-30,38-39H,2-4,8-10,15-20H2,1H3,(H,40,41)(H2,34,35,36)/t25-,27-,29+,30?,32+/m1/s1. The summed E-state index contributed by atoms with van der Waals surface area (Å²) >= 11 is 0. The lowest BCUT2D eigenvalue weighted by Gasteiger charge is -2.24. The van der Waals surface area contributed by atoms with Crippen LogP contribution < -0.4 is 5.73 Å². The van der Waals surface area contributed by atoms with E-state index in [-0.39, 0.29) is 24.7 Å². The number of rotatable bonds is 20. The zero-order valence-corrected chi connectivity index (χ0v) is 27.4. The quantitative estimate of drug-likeness (QED) is 0.0766. The zero-order chi connectivity index (χ0) is 33.9. The number of phosphoric acid groups is 1. The summed E-state index contributed by atoms with van der Waals surface area (Å²) in [6, 6.07) is 14.4. The van der Waals surface area contributed by atoms with Crippen LogP contribution in [0.3, 0.4) is 0 Å². The molecule has 4 rings (SSSR count). The Balaban J connectivity index is 1.33. The van der Waals surface area contributed by atoms with Gasteiger partial charge in [0.1, 0.15) is 36.2 Å². The molecule has 0 radical (unpaired) electrons. The van der Waals surface area contributed by atoms with Crippen molar-refractivity contribution in [2.45, 2.75) is 82.1 Å². The van der Waals surface area contributed by atoms with E-state index in [0.717, 1.165) is 49.8 Å². The van der Waals surface area contributed by atoms with Gasteiger partial charge in [-0.2, -0.15) is 10.4 Å². The lowest BCUT2D eigenvalue weighted by Crippen LogP contribution is -2.41. The Kier molecular flexibility index (Phi) is 13.4. The van der Waals surface area contributed by atoms with E-state index in [1.54, 1.807) is 6.07 Å². The molecule has 0 spiro atoms. The highest BCUT2D eigenvalue weighted by molar-refractivity contribution is 7.47. The van der Waals surface area contributed by atoms with Crippen LogP contribution in [0.5, 0.6) is 0 Å². The lowest BCUT2D eigenvalue weighted by molar-refractivity contribution is -0.0656. The van der Waals surface area contributed by atoms with E-state index in [0.29, 0.717) is 18.5 Å². The van der Waals surface area contributed by atoms with Gasteiger partial charge in [0.25, 0.3) is 0 Å². The van der Waals surface area contributed by atoms with Crippen LogP contribution in [0, 0.1) is 11.3 Å². The van der Waals surface area contributed by atoms with Crippen molar-refractivity contribution >= 4 is 19.2 Å². The van der Waals surface area contributed by atoms with Crippen molar-refractivity contribution in [3.63, 3.8) is 0 Å². The summed E-state index contributed by atoms with van der Waals surface area (Å²) in [6.45, 7) is 7.03. The monoisotopic (exact) mass is 673 g/mol. The Morgan fingerprint density at radius 1 is 1.19 bits per heavy atom. The van der Waals surface area contributed by atoms with Crippen molar-refractivity contribution in [1.82, 2.24) is 14.6 Å². The number of unbranched alkanes of at least 4 members (excludes halogenated alkanes) is 2. The maximum absolute atomic E-state index is 12.9. The highest BCUT2D eigenvalue weighted by Crippen LogP contribution is 2.46. The Hall–Kier alpha value is -3.22. The summed E-state index contributed by atoms with van der Waals surface area (Å²) in [4.78, 5) is 14.4. The minimum absolute atomic E-state index is 0.0873. The highest BCUT2D eigenvalue weighted by atomic mass is 31.2. The molecule has 1 aliphatic rings. The molecule has 0 amide bonds. The summed E-state index contributed by atoms with van der Waals surface area (Å²) in [6.07, 6.45) is 0.849. The molecule has 3 aromatic rings. The van der Waals surface area contributed by atoms with Gasteiger partial charge >= 0.3 is 7.82 Å². The number of phosphoric ester groups is 1. The normalized spacial score (nSPS) is 23.0. The molecule has 0 aliphatic carbocycles. The molecular weight excluding hydrogens is 629 g/mol. The summed E-state index contributed by atoms with van der Waals surface area (Å²) in [5.74, 6) is 0.132. The molecule has 14 nitrogen and oxygen atoms in total. The highest BCUT2D eigenvalue weighted by Gasteiger charge is 2.58. The first-order chi connectivity index (χ1) is 22.6. The van der Waals surface area contributed by atoms with Gasteiger partial charge in [-0.25, -0.2) is 14.1 Å². The van der Waals surface area contributed by atoms with E-state index in [1.807, 2.05) is 36.4 Å². The summed E-state index contributed by atoms with van der Waals surface area (Å²) < 4.78 is 42.2. The van der Waals surface area contributed by atoms with Gasteiger partial charge in [-0.15, -0.1) is 0 Å². The molecule has 2 aromatic heterocycles. The van der Waals surface area contributed by atoms with Gasteiger partial charge in [-0.3, -0.25) is 9.05 Å². The van der Waals surface area contributed by atoms with Gasteiger partial charge in [0.05, 0.1) is 31.6 Å². The molecule has 1 fully saturated rings. The third kappa shape index (κ3) is 9.67. The number of aromatic nitrogens is 3. The Morgan fingerprint density at radius 2 is 1.96 bits per heavy atom. The topological polar surface area (TPSA) is 204 Å². The van der Waals surface area contributed by atoms with Crippen molar-refractivity contribution in [2.24, 2.45) is 0 Å². The molecule has 5 N–H and O–H groups in total. The maximum atomic E-state index is 12.9. The lowest BCUT2D eigenvalue weighted by atomic mass is 9.92. The second-order valence-corrected chi connectivity index (χ2v) is 12.9. The number of nitrogens with two attached hydrogens (primary N) is 1. The van der Waals surface area contributed by atoms with E-state index in [4.69, 9.17) is 29.0 Å². The molecule has 1 aliphatic heterocycles. The van der Waals surface area contributed by atoms with Crippen molar-refractivity contribution in [2.75, 3.05) is 32.2 Å². The van der Waals surface area contributed by atoms with Crippen molar-refractivity contribution < 1.29 is 42.9 Å². The van der Waals surface area contributed by atoms with Gasteiger partial charge in [0.15, 0.2) is 5.82 Å². The van der Waals surface area contributed by atoms with Crippen LogP contribution >= 0.6 is 7.82 Å². The van der Waals surface area contributed by atoms with Gasteiger partial charge in [-0.1, -0.05) is 55.8 Å². The smallest absolute Gasteiger partial charge is 0.387 e. The molecule has 15 heteroatoms. The van der Waals surface area contributed by atoms with Gasteiger partial charge in [0, 0.05) is 13.2 Å². The molecule has 256 valence electrons. The predicted octanol–water partition coefficient (Wildman–Crippen LogP) is 3.80. The van der Waals surface area contributed by atoms with E-state index in [9.17, 15) is 24.9 Å². The Morgan fingerprint density at radius 3 is 2.70 bits per heavy atom. The minimum atomic E-state index is -4.70. The second-order valence-electron chi connectivity index (χ2n) is 11.5. The minimum Gasteiger partial charge on any atom is -0.387 e.